The molecule has 0 amide bonds. The zero-order valence-corrected chi connectivity index (χ0v) is 11.4. The number of hydrogen-bond acceptors (Lipinski definition) is 1. The molecule has 3 rings (SSSR count). The monoisotopic (exact) mass is 238 g/mol. The van der Waals surface area contributed by atoms with E-state index in [1.165, 1.54) is 70.6 Å². The van der Waals surface area contributed by atoms with Crippen LogP contribution >= 0.6 is 0 Å². The van der Waals surface area contributed by atoms with Crippen LogP contribution in [0.1, 0.15) is 83.5 Å². The maximum atomic E-state index is 9.85. The molecule has 0 aromatic heterocycles. The number of aliphatic hydroxyl groups excluding tert-OH is 1. The Kier molecular flexibility index (Phi) is 5.84. The predicted molar refractivity (Wildman–Crippen MR) is 73.0 cm³/mol. The summed E-state index contributed by atoms with van der Waals surface area (Å²) in [5, 5.41) is 9.85. The van der Waals surface area contributed by atoms with Crippen LogP contribution in [-0.4, -0.2) is 11.2 Å². The molecular formula is C16H30O. The van der Waals surface area contributed by atoms with Crippen molar-refractivity contribution in [3.05, 3.63) is 0 Å². The van der Waals surface area contributed by atoms with Crippen LogP contribution in [0.5, 0.6) is 0 Å². The van der Waals surface area contributed by atoms with Gasteiger partial charge in [0.25, 0.3) is 0 Å². The van der Waals surface area contributed by atoms with Gasteiger partial charge in [0.15, 0.2) is 0 Å². The molecule has 0 radical (unpaired) electrons. The lowest BCUT2D eigenvalue weighted by atomic mass is 9.77. The summed E-state index contributed by atoms with van der Waals surface area (Å²) in [6.07, 6.45) is 17.6. The zero-order valence-electron chi connectivity index (χ0n) is 11.4. The third-order valence-corrected chi connectivity index (χ3v) is 5.02. The fourth-order valence-corrected chi connectivity index (χ4v) is 3.76. The van der Waals surface area contributed by atoms with Gasteiger partial charge in [-0.25, -0.2) is 0 Å². The van der Waals surface area contributed by atoms with Gasteiger partial charge in [0.1, 0.15) is 0 Å². The Morgan fingerprint density at radius 1 is 0.471 bits per heavy atom. The molecule has 0 heterocycles. The Morgan fingerprint density at radius 2 is 0.882 bits per heavy atom. The summed E-state index contributed by atoms with van der Waals surface area (Å²) in [5.74, 6) is 2.06. The second-order valence-corrected chi connectivity index (χ2v) is 6.46. The van der Waals surface area contributed by atoms with E-state index in [1.54, 1.807) is 0 Å². The summed E-state index contributed by atoms with van der Waals surface area (Å²) < 4.78 is 0. The fraction of sp³-hybridized carbons (Fsp3) is 1.00. The molecule has 3 aliphatic carbocycles. The third-order valence-electron chi connectivity index (χ3n) is 5.02. The highest BCUT2D eigenvalue weighted by molar-refractivity contribution is 4.73. The van der Waals surface area contributed by atoms with Gasteiger partial charge in [-0.2, -0.15) is 0 Å². The molecule has 0 aliphatic heterocycles. The molecule has 1 atom stereocenters. The summed E-state index contributed by atoms with van der Waals surface area (Å²) in [5.41, 5.74) is 0. The molecule has 17 heavy (non-hydrogen) atoms. The summed E-state index contributed by atoms with van der Waals surface area (Å²) in [7, 11) is 0. The van der Waals surface area contributed by atoms with Crippen molar-refractivity contribution in [2.75, 3.05) is 0 Å². The molecule has 0 spiro atoms. The number of aliphatic hydroxyl groups is 1. The Labute approximate surface area is 107 Å². The van der Waals surface area contributed by atoms with Crippen molar-refractivity contribution in [3.8, 4) is 0 Å². The van der Waals surface area contributed by atoms with E-state index in [1.807, 2.05) is 0 Å². The average Bonchev–Trinajstić information content (AvgIpc) is 2.35. The van der Waals surface area contributed by atoms with Gasteiger partial charge in [0, 0.05) is 0 Å². The van der Waals surface area contributed by atoms with Crippen LogP contribution in [-0.2, 0) is 0 Å². The lowest BCUT2D eigenvalue weighted by molar-refractivity contribution is 0.143. The topological polar surface area (TPSA) is 20.2 Å². The highest BCUT2D eigenvalue weighted by Gasteiger charge is 2.20. The maximum Gasteiger partial charge on any atom is 0.0540 e. The number of fused-ring (bicyclic) bond motifs is 11. The minimum absolute atomic E-state index is 0.00451. The van der Waals surface area contributed by atoms with Gasteiger partial charge in [-0.1, -0.05) is 70.6 Å². The highest BCUT2D eigenvalue weighted by atomic mass is 16.3. The third kappa shape index (κ3) is 4.99. The van der Waals surface area contributed by atoms with Gasteiger partial charge in [-0.15, -0.1) is 0 Å². The molecular weight excluding hydrogens is 208 g/mol. The van der Waals surface area contributed by atoms with Crippen molar-refractivity contribution in [1.82, 2.24) is 0 Å². The van der Waals surface area contributed by atoms with Crippen molar-refractivity contribution < 1.29 is 5.11 Å². The Hall–Kier alpha value is -0.0400. The van der Waals surface area contributed by atoms with Crippen LogP contribution in [0.15, 0.2) is 0 Å². The van der Waals surface area contributed by atoms with E-state index in [4.69, 9.17) is 0 Å². The van der Waals surface area contributed by atoms with Crippen LogP contribution in [0.3, 0.4) is 0 Å². The largest absolute Gasteiger partial charge is 0.393 e. The molecule has 0 saturated heterocycles. The normalized spacial score (nSPS) is 37.6. The minimum Gasteiger partial charge on any atom is -0.393 e. The van der Waals surface area contributed by atoms with Crippen molar-refractivity contribution >= 4 is 0 Å². The summed E-state index contributed by atoms with van der Waals surface area (Å²) in [4.78, 5) is 0. The number of rotatable bonds is 0. The van der Waals surface area contributed by atoms with Gasteiger partial charge >= 0.3 is 0 Å². The summed E-state index contributed by atoms with van der Waals surface area (Å²) >= 11 is 0. The Balaban J connectivity index is 1.76. The van der Waals surface area contributed by atoms with Gasteiger partial charge in [-0.05, 0) is 24.7 Å². The zero-order chi connectivity index (χ0) is 11.9. The molecule has 2 bridgehead atoms. The van der Waals surface area contributed by atoms with Gasteiger partial charge in [0.2, 0.25) is 0 Å². The molecule has 0 unspecified atom stereocenters. The quantitative estimate of drug-likeness (QED) is 0.650. The molecule has 3 saturated carbocycles. The van der Waals surface area contributed by atoms with Crippen molar-refractivity contribution in [3.63, 3.8) is 0 Å². The second-order valence-electron chi connectivity index (χ2n) is 6.46. The van der Waals surface area contributed by atoms with E-state index in [-0.39, 0.29) is 6.10 Å². The second kappa shape index (κ2) is 7.41. The van der Waals surface area contributed by atoms with Crippen LogP contribution in [0.25, 0.3) is 0 Å². The lowest BCUT2D eigenvalue weighted by Gasteiger charge is -2.29. The molecule has 100 valence electrons. The number of hydrogen-bond donors (Lipinski definition) is 1. The Bertz CT molecular complexity index is 194. The average molecular weight is 238 g/mol. The molecule has 0 aromatic carbocycles. The lowest BCUT2D eigenvalue weighted by Crippen LogP contribution is -2.15. The first-order chi connectivity index (χ1) is 8.34. The van der Waals surface area contributed by atoms with Crippen molar-refractivity contribution in [2.24, 2.45) is 11.8 Å². The standard InChI is InChI=1S/C16H30O/c17-16-8-3-1-2-6-14-10-12-15(13-11-14)7-4-5-9-16/h14-17H,1-13H2/t14?,15?,16-/m1/s1. The summed E-state index contributed by atoms with van der Waals surface area (Å²) in [6, 6.07) is 0. The van der Waals surface area contributed by atoms with Crippen LogP contribution in [0.4, 0.5) is 0 Å². The first kappa shape index (κ1) is 13.4. The molecule has 1 nitrogen and oxygen atoms in total. The minimum atomic E-state index is -0.00451. The maximum absolute atomic E-state index is 9.85. The van der Waals surface area contributed by atoms with Crippen molar-refractivity contribution in [1.29, 1.82) is 0 Å². The SMILES string of the molecule is O[C@@H]1CCCCCC2CCC(CCCC1)CC2. The fourth-order valence-electron chi connectivity index (χ4n) is 3.76. The van der Waals surface area contributed by atoms with Crippen LogP contribution < -0.4 is 0 Å². The van der Waals surface area contributed by atoms with Gasteiger partial charge < -0.3 is 5.11 Å². The molecule has 1 heteroatoms. The first-order valence-electron chi connectivity index (χ1n) is 8.02. The first-order valence-corrected chi connectivity index (χ1v) is 8.02. The van der Waals surface area contributed by atoms with Crippen LogP contribution in [0.2, 0.25) is 0 Å². The van der Waals surface area contributed by atoms with Crippen molar-refractivity contribution in [2.45, 2.75) is 89.6 Å². The van der Waals surface area contributed by atoms with E-state index >= 15 is 0 Å². The summed E-state index contributed by atoms with van der Waals surface area (Å²) in [6.45, 7) is 0. The molecule has 1 N–H and O–H groups in total. The van der Waals surface area contributed by atoms with E-state index in [0.29, 0.717) is 0 Å². The highest BCUT2D eigenvalue weighted by Crippen LogP contribution is 2.34. The molecule has 3 fully saturated rings. The van der Waals surface area contributed by atoms with E-state index in [9.17, 15) is 5.11 Å². The molecule has 3 aliphatic rings. The molecule has 0 aromatic rings. The van der Waals surface area contributed by atoms with Crippen LogP contribution in [0, 0.1) is 11.8 Å². The Morgan fingerprint density at radius 3 is 1.47 bits per heavy atom. The van der Waals surface area contributed by atoms with Gasteiger partial charge in [-0.3, -0.25) is 0 Å². The van der Waals surface area contributed by atoms with E-state index in [2.05, 4.69) is 0 Å². The van der Waals surface area contributed by atoms with E-state index in [0.717, 1.165) is 24.7 Å². The smallest absolute Gasteiger partial charge is 0.0540 e. The van der Waals surface area contributed by atoms with E-state index < -0.39 is 0 Å². The van der Waals surface area contributed by atoms with Gasteiger partial charge in [0.05, 0.1) is 6.10 Å². The predicted octanol–water partition coefficient (Wildman–Crippen LogP) is 4.68.